The molecule has 0 radical (unpaired) electrons. The molecule has 1 amide bonds. The van der Waals surface area contributed by atoms with Crippen LogP contribution in [0.25, 0.3) is 10.9 Å². The van der Waals surface area contributed by atoms with E-state index >= 15 is 0 Å². The van der Waals surface area contributed by atoms with Crippen LogP contribution in [0.4, 0.5) is 5.69 Å². The highest BCUT2D eigenvalue weighted by Gasteiger charge is 2.42. The van der Waals surface area contributed by atoms with Crippen LogP contribution in [0.15, 0.2) is 54.7 Å². The van der Waals surface area contributed by atoms with Gasteiger partial charge in [-0.1, -0.05) is 18.2 Å². The van der Waals surface area contributed by atoms with Gasteiger partial charge in [0.2, 0.25) is 0 Å². The average Bonchev–Trinajstić information content (AvgIpc) is 3.20. The molecule has 0 saturated carbocycles. The van der Waals surface area contributed by atoms with Crippen molar-refractivity contribution in [3.05, 3.63) is 65.9 Å². The Hall–Kier alpha value is -3.16. The van der Waals surface area contributed by atoms with Crippen molar-refractivity contribution >= 4 is 28.5 Å². The standard InChI is InChI=1S/C25H27N3O4/c1-25(17-19-4-2-3-5-21(19)23(29)32-25)24(30)26-20-6-7-22-18(16-20)8-9-28(22)11-10-27-12-14-31-15-13-27/h2-9,16H,10-15,17H2,1H3,(H,26,30). The van der Waals surface area contributed by atoms with Gasteiger partial charge in [-0.25, -0.2) is 4.79 Å². The molecule has 3 aromatic rings. The lowest BCUT2D eigenvalue weighted by Crippen LogP contribution is -2.48. The molecule has 2 aliphatic heterocycles. The minimum atomic E-state index is -1.25. The molecule has 0 aliphatic carbocycles. The second-order valence-electron chi connectivity index (χ2n) is 8.65. The molecule has 32 heavy (non-hydrogen) atoms. The van der Waals surface area contributed by atoms with Crippen molar-refractivity contribution in [3.8, 4) is 0 Å². The van der Waals surface area contributed by atoms with Crippen LogP contribution in [0, 0.1) is 0 Å². The minimum absolute atomic E-state index is 0.327. The van der Waals surface area contributed by atoms with Crippen LogP contribution in [0.5, 0.6) is 0 Å². The van der Waals surface area contributed by atoms with Crippen molar-refractivity contribution in [2.45, 2.75) is 25.5 Å². The summed E-state index contributed by atoms with van der Waals surface area (Å²) in [6.07, 6.45) is 2.43. The van der Waals surface area contributed by atoms with E-state index in [2.05, 4.69) is 27.0 Å². The first-order chi connectivity index (χ1) is 15.5. The predicted octanol–water partition coefficient (Wildman–Crippen LogP) is 3.08. The number of hydrogen-bond donors (Lipinski definition) is 1. The molecule has 2 aromatic carbocycles. The summed E-state index contributed by atoms with van der Waals surface area (Å²) in [5.74, 6) is -0.788. The number of benzene rings is 2. The lowest BCUT2D eigenvalue weighted by Gasteiger charge is -2.33. The summed E-state index contributed by atoms with van der Waals surface area (Å²) in [5, 5.41) is 4.00. The van der Waals surface area contributed by atoms with Gasteiger partial charge >= 0.3 is 5.97 Å². The van der Waals surface area contributed by atoms with Gasteiger partial charge in [-0.15, -0.1) is 0 Å². The molecule has 3 heterocycles. The van der Waals surface area contributed by atoms with Crippen LogP contribution < -0.4 is 5.32 Å². The number of esters is 1. The number of carbonyl (C=O) groups is 2. The minimum Gasteiger partial charge on any atom is -0.445 e. The molecule has 1 atom stereocenters. The number of carbonyl (C=O) groups excluding carboxylic acids is 2. The average molecular weight is 434 g/mol. The molecule has 0 spiro atoms. The van der Waals surface area contributed by atoms with Gasteiger partial charge in [-0.3, -0.25) is 9.69 Å². The Morgan fingerprint density at radius 2 is 1.91 bits per heavy atom. The highest BCUT2D eigenvalue weighted by molar-refractivity contribution is 6.03. The third-order valence-electron chi connectivity index (χ3n) is 6.35. The number of ether oxygens (including phenoxy) is 2. The van der Waals surface area contributed by atoms with Crippen LogP contribution >= 0.6 is 0 Å². The third-order valence-corrected chi connectivity index (χ3v) is 6.35. The summed E-state index contributed by atoms with van der Waals surface area (Å²) < 4.78 is 13.2. The zero-order chi connectivity index (χ0) is 22.1. The van der Waals surface area contributed by atoms with Gasteiger partial charge in [0.1, 0.15) is 0 Å². The monoisotopic (exact) mass is 433 g/mol. The van der Waals surface area contributed by atoms with E-state index in [9.17, 15) is 9.59 Å². The van der Waals surface area contributed by atoms with E-state index in [1.54, 1.807) is 19.1 Å². The Labute approximate surface area is 186 Å². The lowest BCUT2D eigenvalue weighted by molar-refractivity contribution is -0.134. The fraction of sp³-hybridized carbons (Fsp3) is 0.360. The molecule has 7 nitrogen and oxygen atoms in total. The summed E-state index contributed by atoms with van der Waals surface area (Å²) in [6, 6.07) is 15.2. The van der Waals surface area contributed by atoms with Crippen molar-refractivity contribution in [1.82, 2.24) is 9.47 Å². The summed E-state index contributed by atoms with van der Waals surface area (Å²) >= 11 is 0. The first-order valence-electron chi connectivity index (χ1n) is 11.0. The molecule has 2 aliphatic rings. The Bertz CT molecular complexity index is 1160. The van der Waals surface area contributed by atoms with Crippen LogP contribution in [-0.4, -0.2) is 59.8 Å². The fourth-order valence-corrected chi connectivity index (χ4v) is 4.47. The number of cyclic esters (lactones) is 1. The first-order valence-corrected chi connectivity index (χ1v) is 11.0. The van der Waals surface area contributed by atoms with Gasteiger partial charge in [0.05, 0.1) is 18.8 Å². The third kappa shape index (κ3) is 4.01. The van der Waals surface area contributed by atoms with Crippen LogP contribution in [0.1, 0.15) is 22.8 Å². The molecular formula is C25H27N3O4. The zero-order valence-corrected chi connectivity index (χ0v) is 18.2. The quantitative estimate of drug-likeness (QED) is 0.626. The molecule has 1 N–H and O–H groups in total. The maximum Gasteiger partial charge on any atom is 0.339 e. The topological polar surface area (TPSA) is 72.8 Å². The molecule has 1 fully saturated rings. The molecule has 5 rings (SSSR count). The van der Waals surface area contributed by atoms with E-state index in [0.29, 0.717) is 17.7 Å². The maximum atomic E-state index is 13.1. The lowest BCUT2D eigenvalue weighted by atomic mass is 9.89. The zero-order valence-electron chi connectivity index (χ0n) is 18.2. The number of anilines is 1. The Balaban J connectivity index is 1.28. The van der Waals surface area contributed by atoms with E-state index in [1.807, 2.05) is 30.3 Å². The number of morpholine rings is 1. The van der Waals surface area contributed by atoms with Gasteiger partial charge in [0.25, 0.3) is 5.91 Å². The van der Waals surface area contributed by atoms with Crippen molar-refractivity contribution in [1.29, 1.82) is 0 Å². The molecule has 166 valence electrons. The molecule has 1 aromatic heterocycles. The van der Waals surface area contributed by atoms with Gasteiger partial charge in [0, 0.05) is 55.4 Å². The van der Waals surface area contributed by atoms with Gasteiger partial charge in [-0.2, -0.15) is 0 Å². The summed E-state index contributed by atoms with van der Waals surface area (Å²) in [4.78, 5) is 27.9. The first kappa shape index (κ1) is 20.7. The molecule has 7 heteroatoms. The van der Waals surface area contributed by atoms with Gasteiger partial charge in [0.15, 0.2) is 5.60 Å². The second kappa shape index (κ2) is 8.41. The Morgan fingerprint density at radius 3 is 2.75 bits per heavy atom. The van der Waals surface area contributed by atoms with Crippen LogP contribution in [0.3, 0.4) is 0 Å². The number of hydrogen-bond acceptors (Lipinski definition) is 5. The van der Waals surface area contributed by atoms with E-state index in [4.69, 9.17) is 9.47 Å². The van der Waals surface area contributed by atoms with E-state index in [1.165, 1.54) is 0 Å². The molecule has 1 saturated heterocycles. The number of amides is 1. The summed E-state index contributed by atoms with van der Waals surface area (Å²) in [7, 11) is 0. The van der Waals surface area contributed by atoms with Crippen molar-refractivity contribution in [3.63, 3.8) is 0 Å². The Kier molecular flexibility index (Phi) is 5.45. The number of fused-ring (bicyclic) bond motifs is 2. The number of rotatable bonds is 5. The fourth-order valence-electron chi connectivity index (χ4n) is 4.47. The molecule has 0 bridgehead atoms. The maximum absolute atomic E-state index is 13.1. The second-order valence-corrected chi connectivity index (χ2v) is 8.65. The van der Waals surface area contributed by atoms with Crippen molar-refractivity contribution in [2.24, 2.45) is 0 Å². The van der Waals surface area contributed by atoms with E-state index in [0.717, 1.165) is 55.9 Å². The van der Waals surface area contributed by atoms with Crippen molar-refractivity contribution < 1.29 is 19.1 Å². The van der Waals surface area contributed by atoms with E-state index in [-0.39, 0.29) is 5.91 Å². The highest BCUT2D eigenvalue weighted by Crippen LogP contribution is 2.30. The van der Waals surface area contributed by atoms with Crippen LogP contribution in [0.2, 0.25) is 0 Å². The summed E-state index contributed by atoms with van der Waals surface area (Å²) in [6.45, 7) is 7.10. The summed E-state index contributed by atoms with van der Waals surface area (Å²) in [5.41, 5.74) is 1.92. The number of aromatic nitrogens is 1. The largest absolute Gasteiger partial charge is 0.445 e. The highest BCUT2D eigenvalue weighted by atomic mass is 16.6. The van der Waals surface area contributed by atoms with Gasteiger partial charge in [-0.05, 0) is 42.8 Å². The smallest absolute Gasteiger partial charge is 0.339 e. The van der Waals surface area contributed by atoms with Crippen LogP contribution in [-0.2, 0) is 27.2 Å². The normalized spacial score (nSPS) is 21.2. The number of nitrogens with zero attached hydrogens (tertiary/aromatic N) is 2. The van der Waals surface area contributed by atoms with Gasteiger partial charge < -0.3 is 19.4 Å². The van der Waals surface area contributed by atoms with Crippen molar-refractivity contribution in [2.75, 3.05) is 38.2 Å². The molecular weight excluding hydrogens is 406 g/mol. The predicted molar refractivity (Wildman–Crippen MR) is 122 cm³/mol. The SMILES string of the molecule is CC1(C(=O)Nc2ccc3c(ccn3CCN3CCOCC3)c2)Cc2ccccc2C(=O)O1. The van der Waals surface area contributed by atoms with E-state index < -0.39 is 11.6 Å². The Morgan fingerprint density at radius 1 is 1.09 bits per heavy atom. The number of nitrogens with one attached hydrogen (secondary N) is 1. The molecule has 1 unspecified atom stereocenters.